The molecule has 156 valence electrons. The molecule has 0 heterocycles. The fraction of sp³-hybridized carbons (Fsp3) is 0.111. The van der Waals surface area contributed by atoms with Gasteiger partial charge in [0.25, 0.3) is 20.2 Å². The molecule has 0 aliphatic heterocycles. The molecule has 0 unspecified atom stereocenters. The molecule has 13 heteroatoms. The summed E-state index contributed by atoms with van der Waals surface area (Å²) in [5, 5.41) is 18.4. The summed E-state index contributed by atoms with van der Waals surface area (Å²) < 4.78 is 65.3. The molecule has 3 aromatic rings. The van der Waals surface area contributed by atoms with Crippen LogP contribution in [0, 0.1) is 13.8 Å². The van der Waals surface area contributed by atoms with Crippen LogP contribution in [0.5, 0.6) is 5.75 Å². The van der Waals surface area contributed by atoms with E-state index in [-0.39, 0.29) is 91.9 Å². The topological polar surface area (TPSA) is 154 Å². The number of aromatic hydroxyl groups is 1. The van der Waals surface area contributed by atoms with Crippen LogP contribution in [0.15, 0.2) is 62.5 Å². The summed E-state index contributed by atoms with van der Waals surface area (Å²) in [4.78, 5) is -0.808. The molecule has 0 fully saturated rings. The van der Waals surface area contributed by atoms with Crippen molar-refractivity contribution in [2.45, 2.75) is 23.6 Å². The quantitative estimate of drug-likeness (QED) is 0.292. The third kappa shape index (κ3) is 6.14. The van der Waals surface area contributed by atoms with Crippen molar-refractivity contribution in [2.24, 2.45) is 10.2 Å². The number of phenols is 1. The molecule has 0 aliphatic rings. The van der Waals surface area contributed by atoms with Gasteiger partial charge in [-0.1, -0.05) is 30.3 Å². The molecule has 0 saturated carbocycles. The Bertz CT molecular complexity index is 1390. The normalized spacial score (nSPS) is 11.9. The Labute approximate surface area is 223 Å². The van der Waals surface area contributed by atoms with E-state index in [0.717, 1.165) is 12.1 Å². The Morgan fingerprint density at radius 3 is 1.74 bits per heavy atom. The van der Waals surface area contributed by atoms with Gasteiger partial charge < -0.3 is 5.11 Å². The fourth-order valence-corrected chi connectivity index (χ4v) is 4.36. The number of fused-ring (bicyclic) bond motifs is 1. The molecule has 0 amide bonds. The Morgan fingerprint density at radius 2 is 1.19 bits per heavy atom. The second-order valence-corrected chi connectivity index (χ2v) is 9.12. The predicted molar refractivity (Wildman–Crippen MR) is 120 cm³/mol. The van der Waals surface area contributed by atoms with Crippen molar-refractivity contribution < 1.29 is 31.0 Å². The summed E-state index contributed by atoms with van der Waals surface area (Å²) in [7, 11) is -9.10. The number of phenolic OH excluding ortho intramolecular Hbond substituents is 1. The molecule has 0 aliphatic carbocycles. The number of aryl methyl sites for hydroxylation is 2. The first-order chi connectivity index (χ1) is 13.4. The molecule has 0 saturated heterocycles. The van der Waals surface area contributed by atoms with Gasteiger partial charge in [-0.05, 0) is 37.1 Å². The molecule has 3 aromatic carbocycles. The van der Waals surface area contributed by atoms with E-state index in [1.165, 1.54) is 25.1 Å². The molecule has 3 N–H and O–H groups in total. The van der Waals surface area contributed by atoms with Crippen molar-refractivity contribution in [1.29, 1.82) is 0 Å². The number of nitrogens with zero attached hydrogens (tertiary/aromatic N) is 2. The molecule has 31 heavy (non-hydrogen) atoms. The maximum atomic E-state index is 11.7. The van der Waals surface area contributed by atoms with E-state index in [0.29, 0.717) is 11.1 Å². The fourth-order valence-electron chi connectivity index (χ4n) is 2.92. The third-order valence-electron chi connectivity index (χ3n) is 4.27. The van der Waals surface area contributed by atoms with Gasteiger partial charge in [-0.2, -0.15) is 21.9 Å². The Balaban J connectivity index is 0.00000240. The Morgan fingerprint density at radius 1 is 0.710 bits per heavy atom. The van der Waals surface area contributed by atoms with E-state index in [9.17, 15) is 31.0 Å². The monoisotopic (exact) mass is 484 g/mol. The standard InChI is InChI=1S/C18H16N2O7S2.2Na.2H/c1-10-7-11(2)16(28(22,23)24)8-14(10)19-20-15-9-17(29(25,26)27)12-5-3-4-6-13(12)18(15)21;;;;/h3-9,21H,1-2H3,(H,22,23,24)(H,25,26,27);;;;/b20-19+;;;;. The zero-order chi connectivity index (χ0) is 21.6. The van der Waals surface area contributed by atoms with Gasteiger partial charge in [0, 0.05) is 10.8 Å². The third-order valence-corrected chi connectivity index (χ3v) is 6.16. The summed E-state index contributed by atoms with van der Waals surface area (Å²) in [6.45, 7) is 3.14. The number of azo groups is 1. The Hall–Kier alpha value is -0.860. The minimum atomic E-state index is -4.62. The van der Waals surface area contributed by atoms with Crippen molar-refractivity contribution in [3.63, 3.8) is 0 Å². The van der Waals surface area contributed by atoms with Crippen LogP contribution < -0.4 is 0 Å². The summed E-state index contributed by atoms with van der Waals surface area (Å²) >= 11 is 0. The van der Waals surface area contributed by atoms with E-state index in [1.807, 2.05) is 0 Å². The zero-order valence-corrected chi connectivity index (χ0v) is 16.9. The summed E-state index contributed by atoms with van der Waals surface area (Å²) in [6, 6.07) is 9.55. The molecule has 0 bridgehead atoms. The first kappa shape index (κ1) is 28.2. The number of benzene rings is 3. The molecular weight excluding hydrogens is 466 g/mol. The maximum absolute atomic E-state index is 11.7. The number of hydrogen-bond acceptors (Lipinski definition) is 7. The van der Waals surface area contributed by atoms with Crippen LogP contribution in [0.4, 0.5) is 11.4 Å². The number of rotatable bonds is 4. The van der Waals surface area contributed by atoms with E-state index >= 15 is 0 Å². The molecule has 9 nitrogen and oxygen atoms in total. The van der Waals surface area contributed by atoms with Crippen LogP contribution in [0.1, 0.15) is 11.1 Å². The first-order valence-electron chi connectivity index (χ1n) is 8.12. The van der Waals surface area contributed by atoms with E-state index in [2.05, 4.69) is 10.2 Å². The molecule has 3 rings (SSSR count). The second-order valence-electron chi connectivity index (χ2n) is 6.34. The predicted octanol–water partition coefficient (Wildman–Crippen LogP) is 2.77. The van der Waals surface area contributed by atoms with Crippen LogP contribution in [0.3, 0.4) is 0 Å². The van der Waals surface area contributed by atoms with Crippen LogP contribution in [0.2, 0.25) is 0 Å². The van der Waals surface area contributed by atoms with Gasteiger partial charge in [0.2, 0.25) is 0 Å². The van der Waals surface area contributed by atoms with Gasteiger partial charge in [-0.15, -0.1) is 5.11 Å². The van der Waals surface area contributed by atoms with E-state index in [4.69, 9.17) is 0 Å². The summed E-state index contributed by atoms with van der Waals surface area (Å²) in [6.07, 6.45) is 0. The van der Waals surface area contributed by atoms with Crippen molar-refractivity contribution in [3.8, 4) is 5.75 Å². The summed E-state index contributed by atoms with van der Waals surface area (Å²) in [5.74, 6) is -0.364. The average Bonchev–Trinajstić information content (AvgIpc) is 2.60. The SMILES string of the molecule is Cc1cc(C)c(S(=O)(=O)O)cc1/N=N/c1cc(S(=O)(=O)O)c2ccccc2c1O.[NaH].[NaH]. The van der Waals surface area contributed by atoms with Crippen molar-refractivity contribution in [2.75, 3.05) is 0 Å². The van der Waals surface area contributed by atoms with E-state index < -0.39 is 25.1 Å². The van der Waals surface area contributed by atoms with Crippen LogP contribution in [0.25, 0.3) is 10.8 Å². The zero-order valence-electron chi connectivity index (χ0n) is 15.2. The molecule has 0 atom stereocenters. The first-order valence-corrected chi connectivity index (χ1v) is 11.0. The minimum absolute atomic E-state index is 0. The molecule has 0 aromatic heterocycles. The van der Waals surface area contributed by atoms with Crippen LogP contribution in [-0.4, -0.2) is 90.2 Å². The molecule has 0 radical (unpaired) electrons. The van der Waals surface area contributed by atoms with Gasteiger partial charge in [-0.3, -0.25) is 9.11 Å². The van der Waals surface area contributed by atoms with Crippen molar-refractivity contribution >= 4 is 101 Å². The van der Waals surface area contributed by atoms with Gasteiger partial charge in [0.15, 0.2) is 5.75 Å². The number of hydrogen-bond donors (Lipinski definition) is 3. The van der Waals surface area contributed by atoms with Gasteiger partial charge in [0.1, 0.15) is 10.6 Å². The van der Waals surface area contributed by atoms with Gasteiger partial charge in [0.05, 0.1) is 10.6 Å². The van der Waals surface area contributed by atoms with E-state index in [1.54, 1.807) is 19.1 Å². The van der Waals surface area contributed by atoms with Crippen LogP contribution >= 0.6 is 0 Å². The second kappa shape index (κ2) is 10.4. The molecular formula is C18H18N2Na2O7S2. The average molecular weight is 484 g/mol. The van der Waals surface area contributed by atoms with Crippen molar-refractivity contribution in [1.82, 2.24) is 0 Å². The summed E-state index contributed by atoms with van der Waals surface area (Å²) in [5.41, 5.74) is 0.689. The Kier molecular flexibility index (Phi) is 9.44. The van der Waals surface area contributed by atoms with Crippen molar-refractivity contribution in [3.05, 3.63) is 53.6 Å². The van der Waals surface area contributed by atoms with Gasteiger partial charge >= 0.3 is 59.1 Å². The molecule has 0 spiro atoms. The van der Waals surface area contributed by atoms with Crippen LogP contribution in [-0.2, 0) is 20.2 Å². The van der Waals surface area contributed by atoms with Gasteiger partial charge in [-0.25, -0.2) is 0 Å².